The Bertz CT molecular complexity index is 1220. The summed E-state index contributed by atoms with van der Waals surface area (Å²) in [6, 6.07) is 0. The maximum atomic E-state index is 13.5. The van der Waals surface area contributed by atoms with E-state index in [2.05, 4.69) is 117 Å². The summed E-state index contributed by atoms with van der Waals surface area (Å²) < 4.78 is 19.5. The van der Waals surface area contributed by atoms with E-state index in [0.29, 0.717) is 30.3 Å². The molecular weight excluding hydrogens is 705 g/mol. The summed E-state index contributed by atoms with van der Waals surface area (Å²) in [5.74, 6) is 1.54. The van der Waals surface area contributed by atoms with Crippen LogP contribution in [-0.4, -0.2) is 43.3 Å². The first-order valence-electron chi connectivity index (χ1n) is 24.0. The molecule has 0 N–H and O–H groups in total. The van der Waals surface area contributed by atoms with Gasteiger partial charge in [0, 0.05) is 19.1 Å². The summed E-state index contributed by atoms with van der Waals surface area (Å²) in [4.78, 5) is 26.0. The van der Waals surface area contributed by atoms with Crippen LogP contribution in [0.25, 0.3) is 0 Å². The van der Waals surface area contributed by atoms with Gasteiger partial charge in [0.05, 0.1) is 23.7 Å². The first kappa shape index (κ1) is 51.9. The van der Waals surface area contributed by atoms with Crippen LogP contribution in [0.4, 0.5) is 0 Å². The molecule has 3 aliphatic carbocycles. The van der Waals surface area contributed by atoms with Gasteiger partial charge in [-0.05, 0) is 156 Å². The fraction of sp³-hybridized carbons (Fsp3) is 0.923. The number of hydrogen-bond acceptors (Lipinski definition) is 5. The lowest BCUT2D eigenvalue weighted by atomic mass is 9.43. The van der Waals surface area contributed by atoms with Crippen molar-refractivity contribution in [3.63, 3.8) is 0 Å². The predicted octanol–water partition coefficient (Wildman–Crippen LogP) is 14.8. The Morgan fingerprint density at radius 3 is 1.53 bits per heavy atom. The van der Waals surface area contributed by atoms with Gasteiger partial charge in [0.25, 0.3) is 0 Å². The van der Waals surface area contributed by atoms with E-state index in [4.69, 9.17) is 14.2 Å². The molecular formula is C52H96O5. The third-order valence-corrected chi connectivity index (χ3v) is 17.0. The highest BCUT2D eigenvalue weighted by Gasteiger charge is 2.62. The minimum atomic E-state index is -0.299. The van der Waals surface area contributed by atoms with Gasteiger partial charge < -0.3 is 19.0 Å². The van der Waals surface area contributed by atoms with Crippen molar-refractivity contribution in [1.82, 2.24) is 0 Å². The third-order valence-electron chi connectivity index (χ3n) is 17.0. The van der Waals surface area contributed by atoms with Crippen molar-refractivity contribution in [2.24, 2.45) is 57.2 Å². The van der Waals surface area contributed by atoms with Gasteiger partial charge in [-0.1, -0.05) is 120 Å². The first-order chi connectivity index (χ1) is 26.5. The summed E-state index contributed by atoms with van der Waals surface area (Å²) >= 11 is 0. The van der Waals surface area contributed by atoms with Gasteiger partial charge in [-0.25, -0.2) is 0 Å². The minimum absolute atomic E-state index is 0.0488. The minimum Gasteiger partial charge on any atom is -0.465 e. The third kappa shape index (κ3) is 13.9. The van der Waals surface area contributed by atoms with E-state index < -0.39 is 0 Å². The zero-order chi connectivity index (χ0) is 43.3. The summed E-state index contributed by atoms with van der Waals surface area (Å²) in [5, 5.41) is 0. The molecule has 0 aromatic heterocycles. The molecule has 0 heterocycles. The Balaban J connectivity index is 1.75. The fourth-order valence-corrected chi connectivity index (χ4v) is 10.7. The number of carbonyl (C=O) groups is 2. The second-order valence-corrected chi connectivity index (χ2v) is 22.3. The van der Waals surface area contributed by atoms with Gasteiger partial charge in [-0.15, -0.1) is 0 Å². The van der Waals surface area contributed by atoms with Crippen LogP contribution < -0.4 is 0 Å². The Morgan fingerprint density at radius 2 is 1.12 bits per heavy atom. The molecule has 3 rings (SSSR count). The molecule has 7 atom stereocenters. The zero-order valence-electron chi connectivity index (χ0n) is 40.8. The van der Waals surface area contributed by atoms with Crippen molar-refractivity contribution in [1.29, 1.82) is 0 Å². The molecule has 0 radical (unpaired) electrons. The van der Waals surface area contributed by atoms with Gasteiger partial charge in [0.15, 0.2) is 0 Å². The average molecular weight is 801 g/mol. The van der Waals surface area contributed by atoms with Crippen LogP contribution in [0.15, 0.2) is 11.6 Å². The van der Waals surface area contributed by atoms with Crippen molar-refractivity contribution in [3.05, 3.63) is 11.6 Å². The molecule has 0 spiro atoms. The van der Waals surface area contributed by atoms with Crippen LogP contribution >= 0.6 is 0 Å². The Kier molecular flexibility index (Phi) is 20.6. The summed E-state index contributed by atoms with van der Waals surface area (Å²) in [6.07, 6.45) is 22.1. The highest BCUT2D eigenvalue weighted by atomic mass is 16.5. The maximum absolute atomic E-state index is 13.5. The molecule has 0 aromatic rings. The SMILES string of the molecule is CCC(C)(OCCC(C)CCC=C(C)C)C(C)(C)CCCC(C)CCOC(C)(CC)C(C)(C)CCCC(C)CCOC(=O)C1C(C=O)C2(C(C)C)CCC1(C)CC2. The zero-order valence-corrected chi connectivity index (χ0v) is 40.8. The molecule has 0 aromatic carbocycles. The molecule has 57 heavy (non-hydrogen) atoms. The summed E-state index contributed by atoms with van der Waals surface area (Å²) in [5.41, 5.74) is 1.16. The monoisotopic (exact) mass is 801 g/mol. The molecule has 5 heteroatoms. The summed E-state index contributed by atoms with van der Waals surface area (Å²) in [7, 11) is 0. The number of allylic oxidation sites excluding steroid dienone is 2. The molecule has 2 bridgehead atoms. The van der Waals surface area contributed by atoms with Crippen LogP contribution in [0, 0.1) is 57.2 Å². The molecule has 5 nitrogen and oxygen atoms in total. The van der Waals surface area contributed by atoms with Gasteiger partial charge in [-0.2, -0.15) is 0 Å². The molecule has 3 fully saturated rings. The van der Waals surface area contributed by atoms with Gasteiger partial charge in [0.1, 0.15) is 6.29 Å². The van der Waals surface area contributed by atoms with Crippen LogP contribution in [0.3, 0.4) is 0 Å². The predicted molar refractivity (Wildman–Crippen MR) is 242 cm³/mol. The lowest BCUT2D eigenvalue weighted by molar-refractivity contribution is -0.183. The Labute approximate surface area is 354 Å². The van der Waals surface area contributed by atoms with Gasteiger partial charge in [0.2, 0.25) is 0 Å². The van der Waals surface area contributed by atoms with Crippen molar-refractivity contribution in [3.8, 4) is 0 Å². The average Bonchev–Trinajstić information content (AvgIpc) is 3.13. The van der Waals surface area contributed by atoms with E-state index in [1.165, 1.54) is 37.7 Å². The van der Waals surface area contributed by atoms with Crippen LogP contribution in [0.1, 0.15) is 220 Å². The largest absolute Gasteiger partial charge is 0.465 e. The van der Waals surface area contributed by atoms with Gasteiger partial charge >= 0.3 is 5.97 Å². The van der Waals surface area contributed by atoms with Crippen LogP contribution in [0.5, 0.6) is 0 Å². The number of aldehydes is 1. The molecule has 334 valence electrons. The van der Waals surface area contributed by atoms with Crippen molar-refractivity contribution >= 4 is 12.3 Å². The van der Waals surface area contributed by atoms with Crippen molar-refractivity contribution in [2.75, 3.05) is 19.8 Å². The van der Waals surface area contributed by atoms with E-state index in [1.807, 2.05) is 0 Å². The standard InChI is InChI=1S/C52H96O5/c1-17-50(15,56-36-27-41(7)23-19-22-39(3)4)48(12,13)30-21-25-43(9)28-37-57-51(16,18-2)47(10,11)29-20-24-42(8)26-35-55-46(54)45-44(38-53)52(40(5)6)33-31-49(45,14)32-34-52/h22,38,40-45H,17-21,23-37H2,1-16H3. The number of ether oxygens (including phenoxy) is 3. The van der Waals surface area contributed by atoms with E-state index in [9.17, 15) is 9.59 Å². The Morgan fingerprint density at radius 1 is 0.684 bits per heavy atom. The van der Waals surface area contributed by atoms with Crippen LogP contribution in [-0.2, 0) is 23.8 Å². The Hall–Kier alpha value is -1.20. The fourth-order valence-electron chi connectivity index (χ4n) is 10.7. The normalized spacial score (nSPS) is 26.3. The van der Waals surface area contributed by atoms with E-state index in [1.54, 1.807) is 0 Å². The topological polar surface area (TPSA) is 61.8 Å². The number of rotatable bonds is 29. The van der Waals surface area contributed by atoms with E-state index in [0.717, 1.165) is 96.5 Å². The van der Waals surface area contributed by atoms with Gasteiger partial charge in [-0.3, -0.25) is 4.79 Å². The smallest absolute Gasteiger partial charge is 0.310 e. The number of carbonyl (C=O) groups excluding carboxylic acids is 2. The highest BCUT2D eigenvalue weighted by molar-refractivity contribution is 5.79. The van der Waals surface area contributed by atoms with Crippen molar-refractivity contribution < 1.29 is 23.8 Å². The highest BCUT2D eigenvalue weighted by Crippen LogP contribution is 2.64. The van der Waals surface area contributed by atoms with Crippen LogP contribution in [0.2, 0.25) is 0 Å². The van der Waals surface area contributed by atoms with E-state index in [-0.39, 0.29) is 50.7 Å². The summed E-state index contributed by atoms with van der Waals surface area (Å²) in [6.45, 7) is 39.1. The quantitative estimate of drug-likeness (QED) is 0.0428. The molecule has 0 aliphatic heterocycles. The molecule has 3 saturated carbocycles. The number of fused-ring (bicyclic) bond motifs is 3. The number of hydrogen-bond donors (Lipinski definition) is 0. The lowest BCUT2D eigenvalue weighted by Gasteiger charge is -2.60. The van der Waals surface area contributed by atoms with Crippen molar-refractivity contribution in [2.45, 2.75) is 231 Å². The molecule has 3 aliphatic rings. The second kappa shape index (κ2) is 22.6. The lowest BCUT2D eigenvalue weighted by Crippen LogP contribution is -2.58. The van der Waals surface area contributed by atoms with E-state index >= 15 is 0 Å². The first-order valence-corrected chi connectivity index (χ1v) is 24.0. The molecule has 7 unspecified atom stereocenters. The molecule has 0 amide bonds. The molecule has 0 saturated heterocycles. The maximum Gasteiger partial charge on any atom is 0.310 e. The number of esters is 1. The second-order valence-electron chi connectivity index (χ2n) is 22.3.